The third kappa shape index (κ3) is 3.27. The summed E-state index contributed by atoms with van der Waals surface area (Å²) in [6.07, 6.45) is 0. The van der Waals surface area contributed by atoms with Crippen molar-refractivity contribution in [1.29, 1.82) is 0 Å². The van der Waals surface area contributed by atoms with Crippen molar-refractivity contribution in [3.63, 3.8) is 0 Å². The number of nitrogens with one attached hydrogen (secondary N) is 1. The van der Waals surface area contributed by atoms with Crippen LogP contribution in [0.1, 0.15) is 19.7 Å². The summed E-state index contributed by atoms with van der Waals surface area (Å²) in [4.78, 5) is 6.66. The fourth-order valence-electron chi connectivity index (χ4n) is 2.64. The van der Waals surface area contributed by atoms with Gasteiger partial charge in [-0.3, -0.25) is 9.11 Å². The standard InChI is InChI=1S/C14H22N6OS/c1-11-16-13-5-4-12(18-20(13)17-11)15-10-14(2,3)19-6-8-22(21)9-7-19/h4-5H,6-10H2,1-3H3,(H,15,18). The third-order valence-corrected chi connectivity index (χ3v) is 5.33. The monoisotopic (exact) mass is 322 g/mol. The molecule has 0 bridgehead atoms. The normalized spacial score (nSPS) is 18.0. The molecule has 1 aliphatic rings. The van der Waals surface area contributed by atoms with E-state index in [0.717, 1.165) is 42.6 Å². The second kappa shape index (κ2) is 5.92. The quantitative estimate of drug-likeness (QED) is 0.892. The lowest BCUT2D eigenvalue weighted by molar-refractivity contribution is 0.145. The molecule has 3 heterocycles. The van der Waals surface area contributed by atoms with Crippen LogP contribution in [0.15, 0.2) is 12.1 Å². The van der Waals surface area contributed by atoms with Crippen molar-refractivity contribution >= 4 is 22.3 Å². The SMILES string of the molecule is Cc1nc2ccc(NCC(C)(C)N3CCS(=O)CC3)nn2n1. The van der Waals surface area contributed by atoms with Gasteiger partial charge in [0.2, 0.25) is 0 Å². The highest BCUT2D eigenvalue weighted by Crippen LogP contribution is 2.18. The number of fused-ring (bicyclic) bond motifs is 1. The van der Waals surface area contributed by atoms with Crippen molar-refractivity contribution in [2.24, 2.45) is 0 Å². The molecule has 0 spiro atoms. The summed E-state index contributed by atoms with van der Waals surface area (Å²) < 4.78 is 13.0. The Morgan fingerprint density at radius 3 is 2.73 bits per heavy atom. The van der Waals surface area contributed by atoms with E-state index in [4.69, 9.17) is 0 Å². The molecular formula is C14H22N6OS. The first-order valence-corrected chi connectivity index (χ1v) is 8.97. The first kappa shape index (κ1) is 15.4. The van der Waals surface area contributed by atoms with Crippen molar-refractivity contribution in [1.82, 2.24) is 24.7 Å². The maximum atomic E-state index is 11.5. The Morgan fingerprint density at radius 1 is 1.27 bits per heavy atom. The number of hydrogen-bond donors (Lipinski definition) is 1. The summed E-state index contributed by atoms with van der Waals surface area (Å²) in [7, 11) is -0.642. The van der Waals surface area contributed by atoms with Crippen LogP contribution in [0.2, 0.25) is 0 Å². The van der Waals surface area contributed by atoms with E-state index in [1.165, 1.54) is 0 Å². The van der Waals surface area contributed by atoms with Crippen molar-refractivity contribution in [3.05, 3.63) is 18.0 Å². The number of nitrogens with zero attached hydrogens (tertiary/aromatic N) is 5. The molecule has 0 saturated carbocycles. The summed E-state index contributed by atoms with van der Waals surface area (Å²) in [6.45, 7) is 8.79. The van der Waals surface area contributed by atoms with Crippen LogP contribution in [0.4, 0.5) is 5.82 Å². The Hall–Kier alpha value is -1.54. The number of hydrogen-bond acceptors (Lipinski definition) is 6. The maximum absolute atomic E-state index is 11.5. The zero-order valence-corrected chi connectivity index (χ0v) is 14.1. The van der Waals surface area contributed by atoms with Crippen LogP contribution in [0, 0.1) is 6.92 Å². The predicted octanol–water partition coefficient (Wildman–Crippen LogP) is 0.688. The molecular weight excluding hydrogens is 300 g/mol. The van der Waals surface area contributed by atoms with E-state index in [2.05, 4.69) is 39.2 Å². The summed E-state index contributed by atoms with van der Waals surface area (Å²) in [5, 5.41) is 12.0. The zero-order chi connectivity index (χ0) is 15.7. The van der Waals surface area contributed by atoms with Crippen LogP contribution < -0.4 is 5.32 Å². The molecule has 1 aliphatic heterocycles. The fraction of sp³-hybridized carbons (Fsp3) is 0.643. The summed E-state index contributed by atoms with van der Waals surface area (Å²) in [5.74, 6) is 3.04. The van der Waals surface area contributed by atoms with E-state index < -0.39 is 10.8 Å². The second-order valence-corrected chi connectivity index (χ2v) is 7.92. The number of rotatable bonds is 4. The van der Waals surface area contributed by atoms with Gasteiger partial charge < -0.3 is 5.32 Å². The Labute approximate surface area is 132 Å². The molecule has 0 aromatic carbocycles. The Kier molecular flexibility index (Phi) is 4.14. The summed E-state index contributed by atoms with van der Waals surface area (Å²) in [6, 6.07) is 3.83. The highest BCUT2D eigenvalue weighted by Gasteiger charge is 2.29. The summed E-state index contributed by atoms with van der Waals surface area (Å²) >= 11 is 0. The van der Waals surface area contributed by atoms with Gasteiger partial charge in [-0.2, -0.15) is 0 Å². The van der Waals surface area contributed by atoms with Crippen LogP contribution in [-0.4, -0.2) is 65.6 Å². The van der Waals surface area contributed by atoms with E-state index in [1.54, 1.807) is 4.63 Å². The number of anilines is 1. The van der Waals surface area contributed by atoms with Gasteiger partial charge in [0.1, 0.15) is 11.6 Å². The second-order valence-electron chi connectivity index (χ2n) is 6.23. The summed E-state index contributed by atoms with van der Waals surface area (Å²) in [5.41, 5.74) is 0.736. The van der Waals surface area contributed by atoms with Gasteiger partial charge in [-0.25, -0.2) is 4.98 Å². The predicted molar refractivity (Wildman–Crippen MR) is 87.5 cm³/mol. The van der Waals surface area contributed by atoms with E-state index in [-0.39, 0.29) is 5.54 Å². The molecule has 22 heavy (non-hydrogen) atoms. The van der Waals surface area contributed by atoms with E-state index in [1.807, 2.05) is 19.1 Å². The van der Waals surface area contributed by atoms with Crippen LogP contribution in [0.25, 0.3) is 5.65 Å². The molecule has 0 radical (unpaired) electrons. The van der Waals surface area contributed by atoms with E-state index >= 15 is 0 Å². The van der Waals surface area contributed by atoms with Crippen molar-refractivity contribution < 1.29 is 4.21 Å². The minimum Gasteiger partial charge on any atom is -0.367 e. The molecule has 0 atom stereocenters. The van der Waals surface area contributed by atoms with E-state index in [9.17, 15) is 4.21 Å². The molecule has 3 rings (SSSR count). The Morgan fingerprint density at radius 2 is 2.00 bits per heavy atom. The first-order chi connectivity index (χ1) is 10.4. The molecule has 2 aromatic heterocycles. The van der Waals surface area contributed by atoms with Crippen LogP contribution in [0.3, 0.4) is 0 Å². The molecule has 8 heteroatoms. The van der Waals surface area contributed by atoms with Crippen LogP contribution in [-0.2, 0) is 10.8 Å². The van der Waals surface area contributed by atoms with E-state index in [0.29, 0.717) is 5.82 Å². The Bertz CT molecular complexity index is 688. The highest BCUT2D eigenvalue weighted by atomic mass is 32.2. The Balaban J connectivity index is 1.65. The van der Waals surface area contributed by atoms with Gasteiger partial charge in [0.05, 0.1) is 0 Å². The topological polar surface area (TPSA) is 75.4 Å². The molecule has 0 unspecified atom stereocenters. The molecule has 1 saturated heterocycles. The highest BCUT2D eigenvalue weighted by molar-refractivity contribution is 7.85. The minimum absolute atomic E-state index is 0.0143. The fourth-order valence-corrected chi connectivity index (χ4v) is 3.70. The molecule has 7 nitrogen and oxygen atoms in total. The van der Waals surface area contributed by atoms with Gasteiger partial charge in [0.15, 0.2) is 5.65 Å². The lowest BCUT2D eigenvalue weighted by Gasteiger charge is -2.40. The maximum Gasteiger partial charge on any atom is 0.176 e. The molecule has 1 N–H and O–H groups in total. The van der Waals surface area contributed by atoms with Crippen LogP contribution in [0.5, 0.6) is 0 Å². The minimum atomic E-state index is -0.642. The van der Waals surface area contributed by atoms with Gasteiger partial charge in [-0.15, -0.1) is 14.8 Å². The van der Waals surface area contributed by atoms with Gasteiger partial charge in [0, 0.05) is 47.5 Å². The molecule has 1 fully saturated rings. The zero-order valence-electron chi connectivity index (χ0n) is 13.2. The molecule has 0 aliphatic carbocycles. The van der Waals surface area contributed by atoms with Crippen molar-refractivity contribution in [2.75, 3.05) is 36.5 Å². The molecule has 0 amide bonds. The third-order valence-electron chi connectivity index (χ3n) is 4.05. The average molecular weight is 322 g/mol. The first-order valence-electron chi connectivity index (χ1n) is 7.49. The van der Waals surface area contributed by atoms with Crippen molar-refractivity contribution in [3.8, 4) is 0 Å². The number of aromatic nitrogens is 4. The number of aryl methyl sites for hydroxylation is 1. The van der Waals surface area contributed by atoms with Crippen molar-refractivity contribution in [2.45, 2.75) is 26.3 Å². The van der Waals surface area contributed by atoms with Gasteiger partial charge in [-0.05, 0) is 32.9 Å². The molecule has 120 valence electrons. The average Bonchev–Trinajstić information content (AvgIpc) is 2.85. The lowest BCUT2D eigenvalue weighted by Crippen LogP contribution is -2.53. The lowest BCUT2D eigenvalue weighted by atomic mass is 10.0. The van der Waals surface area contributed by atoms with Crippen LogP contribution >= 0.6 is 0 Å². The molecule has 2 aromatic rings. The van der Waals surface area contributed by atoms with Gasteiger partial charge >= 0.3 is 0 Å². The smallest absolute Gasteiger partial charge is 0.176 e. The largest absolute Gasteiger partial charge is 0.367 e. The van der Waals surface area contributed by atoms with Gasteiger partial charge in [0.25, 0.3) is 0 Å². The van der Waals surface area contributed by atoms with Gasteiger partial charge in [-0.1, -0.05) is 0 Å².